The summed E-state index contributed by atoms with van der Waals surface area (Å²) in [5.41, 5.74) is 0. The number of carbonyl (C=O) groups is 1. The van der Waals surface area contributed by atoms with E-state index in [2.05, 4.69) is 19.2 Å². The average molecular weight is 790 g/mol. The number of aliphatic hydroxyl groups excluding tert-OH is 2. The van der Waals surface area contributed by atoms with Crippen molar-refractivity contribution in [2.75, 3.05) is 6.61 Å². The molecule has 0 bridgehead atoms. The first-order valence-corrected chi connectivity index (χ1v) is 25.9. The van der Waals surface area contributed by atoms with E-state index in [1.54, 1.807) is 6.08 Å². The van der Waals surface area contributed by atoms with Crippen LogP contribution in [-0.4, -0.2) is 34.9 Å². The number of aliphatic hydroxyl groups is 2. The number of rotatable bonds is 48. The van der Waals surface area contributed by atoms with E-state index in [4.69, 9.17) is 0 Å². The van der Waals surface area contributed by atoms with Gasteiger partial charge in [0.25, 0.3) is 0 Å². The third kappa shape index (κ3) is 44.2. The van der Waals surface area contributed by atoms with Crippen molar-refractivity contribution in [3.63, 3.8) is 0 Å². The molecular weight excluding hydrogens is 687 g/mol. The molecule has 56 heavy (non-hydrogen) atoms. The second kappa shape index (κ2) is 48.5. The number of unbranched alkanes of at least 4 members (excludes halogenated alkanes) is 41. The molecule has 0 spiro atoms. The summed E-state index contributed by atoms with van der Waals surface area (Å²) in [6, 6.07) is -0.616. The minimum Gasteiger partial charge on any atom is -0.394 e. The summed E-state index contributed by atoms with van der Waals surface area (Å²) in [5, 5.41) is 23.1. The molecule has 0 aliphatic rings. The van der Waals surface area contributed by atoms with Crippen LogP contribution >= 0.6 is 0 Å². The van der Waals surface area contributed by atoms with E-state index >= 15 is 0 Å². The minimum absolute atomic E-state index is 0.0605. The first-order valence-electron chi connectivity index (χ1n) is 25.9. The molecule has 0 aliphatic carbocycles. The minimum atomic E-state index is -0.834. The fourth-order valence-corrected chi connectivity index (χ4v) is 8.30. The number of hydrogen-bond acceptors (Lipinski definition) is 3. The van der Waals surface area contributed by atoms with Crippen molar-refractivity contribution in [3.8, 4) is 0 Å². The molecule has 2 unspecified atom stereocenters. The van der Waals surface area contributed by atoms with Gasteiger partial charge in [0.15, 0.2) is 0 Å². The lowest BCUT2D eigenvalue weighted by atomic mass is 10.0. The molecule has 0 radical (unpaired) electrons. The Bertz CT molecular complexity index is 769. The van der Waals surface area contributed by atoms with Crippen LogP contribution in [0, 0.1) is 0 Å². The summed E-state index contributed by atoms with van der Waals surface area (Å²) >= 11 is 0. The molecule has 0 aromatic heterocycles. The molecule has 0 heterocycles. The molecule has 334 valence electrons. The maximum atomic E-state index is 12.4. The molecule has 2 atom stereocenters. The van der Waals surface area contributed by atoms with Crippen molar-refractivity contribution in [3.05, 3.63) is 12.2 Å². The molecule has 0 rings (SSSR count). The number of amides is 1. The van der Waals surface area contributed by atoms with Gasteiger partial charge in [0.2, 0.25) is 5.91 Å². The Morgan fingerprint density at radius 3 is 0.929 bits per heavy atom. The third-order valence-electron chi connectivity index (χ3n) is 12.3. The van der Waals surface area contributed by atoms with Gasteiger partial charge >= 0.3 is 0 Å². The van der Waals surface area contributed by atoms with Gasteiger partial charge in [0.05, 0.1) is 18.8 Å². The van der Waals surface area contributed by atoms with E-state index in [9.17, 15) is 15.0 Å². The molecule has 3 N–H and O–H groups in total. The first-order chi connectivity index (χ1) is 27.7. The Morgan fingerprint density at radius 2 is 0.661 bits per heavy atom. The van der Waals surface area contributed by atoms with Gasteiger partial charge in [-0.25, -0.2) is 0 Å². The van der Waals surface area contributed by atoms with Crippen molar-refractivity contribution in [1.29, 1.82) is 0 Å². The van der Waals surface area contributed by atoms with E-state index in [1.165, 1.54) is 250 Å². The molecule has 1 amide bonds. The van der Waals surface area contributed by atoms with Crippen LogP contribution in [0.4, 0.5) is 0 Å². The van der Waals surface area contributed by atoms with Crippen LogP contribution in [0.5, 0.6) is 0 Å². The Morgan fingerprint density at radius 1 is 0.411 bits per heavy atom. The van der Waals surface area contributed by atoms with Crippen molar-refractivity contribution in [2.24, 2.45) is 0 Å². The number of carbonyl (C=O) groups excluding carboxylic acids is 1. The van der Waals surface area contributed by atoms with E-state index < -0.39 is 12.1 Å². The molecular formula is C52H103NO3. The summed E-state index contributed by atoms with van der Waals surface area (Å²) < 4.78 is 0. The van der Waals surface area contributed by atoms with Gasteiger partial charge < -0.3 is 15.5 Å². The number of nitrogens with one attached hydrogen (secondary N) is 1. The molecule has 0 saturated carbocycles. The number of allylic oxidation sites excluding steroid dienone is 1. The van der Waals surface area contributed by atoms with Crippen LogP contribution < -0.4 is 5.32 Å². The van der Waals surface area contributed by atoms with E-state index in [0.717, 1.165) is 25.7 Å². The lowest BCUT2D eigenvalue weighted by Crippen LogP contribution is -2.45. The normalized spacial score (nSPS) is 12.9. The zero-order chi connectivity index (χ0) is 40.7. The SMILES string of the molecule is CCCCCCCCCCCCCCCCCCCCCCCCCCCCCCCC/C=C/C(O)C(CO)NC(=O)CCCCCCCCCCCCCC. The van der Waals surface area contributed by atoms with Crippen LogP contribution in [0.15, 0.2) is 12.2 Å². The van der Waals surface area contributed by atoms with Crippen LogP contribution in [0.2, 0.25) is 0 Å². The van der Waals surface area contributed by atoms with Gasteiger partial charge in [-0.3, -0.25) is 4.79 Å². The number of hydrogen-bond donors (Lipinski definition) is 3. The first kappa shape index (κ1) is 55.1. The standard InChI is InChI=1S/C52H103NO3/c1-3-5-7-9-11-13-15-17-18-19-20-21-22-23-24-25-26-27-28-29-30-31-32-33-34-35-36-37-39-41-43-45-47-51(55)50(49-54)53-52(56)48-46-44-42-40-38-16-14-12-10-8-6-4-2/h45,47,50-51,54-55H,3-44,46,48-49H2,1-2H3,(H,53,56)/b47-45+. The summed E-state index contributed by atoms with van der Waals surface area (Å²) in [6.07, 6.45) is 62.3. The highest BCUT2D eigenvalue weighted by Crippen LogP contribution is 2.17. The average Bonchev–Trinajstić information content (AvgIpc) is 3.20. The third-order valence-corrected chi connectivity index (χ3v) is 12.3. The second-order valence-electron chi connectivity index (χ2n) is 18.0. The fraction of sp³-hybridized carbons (Fsp3) is 0.942. The van der Waals surface area contributed by atoms with Crippen LogP contribution in [-0.2, 0) is 4.79 Å². The predicted molar refractivity (Wildman–Crippen MR) is 249 cm³/mol. The predicted octanol–water partition coefficient (Wildman–Crippen LogP) is 16.6. The zero-order valence-electron chi connectivity index (χ0n) is 38.4. The molecule has 0 aliphatic heterocycles. The summed E-state index contributed by atoms with van der Waals surface area (Å²) in [7, 11) is 0. The molecule has 0 fully saturated rings. The molecule has 0 aromatic rings. The van der Waals surface area contributed by atoms with Crippen LogP contribution in [0.25, 0.3) is 0 Å². The highest BCUT2D eigenvalue weighted by molar-refractivity contribution is 5.76. The molecule has 4 nitrogen and oxygen atoms in total. The molecule has 0 saturated heterocycles. The van der Waals surface area contributed by atoms with Crippen molar-refractivity contribution in [1.82, 2.24) is 5.32 Å². The zero-order valence-corrected chi connectivity index (χ0v) is 38.4. The van der Waals surface area contributed by atoms with Gasteiger partial charge in [-0.2, -0.15) is 0 Å². The monoisotopic (exact) mass is 790 g/mol. The smallest absolute Gasteiger partial charge is 0.220 e. The van der Waals surface area contributed by atoms with Gasteiger partial charge in [-0.1, -0.05) is 283 Å². The summed E-state index contributed by atoms with van der Waals surface area (Å²) in [6.45, 7) is 4.33. The molecule has 0 aromatic carbocycles. The maximum absolute atomic E-state index is 12.4. The summed E-state index contributed by atoms with van der Waals surface area (Å²) in [4.78, 5) is 12.4. The van der Waals surface area contributed by atoms with E-state index in [0.29, 0.717) is 6.42 Å². The fourth-order valence-electron chi connectivity index (χ4n) is 8.30. The topological polar surface area (TPSA) is 69.6 Å². The van der Waals surface area contributed by atoms with Crippen LogP contribution in [0.3, 0.4) is 0 Å². The second-order valence-corrected chi connectivity index (χ2v) is 18.0. The Labute approximate surface area is 352 Å². The highest BCUT2D eigenvalue weighted by Gasteiger charge is 2.18. The van der Waals surface area contributed by atoms with Crippen molar-refractivity contribution < 1.29 is 15.0 Å². The Kier molecular flexibility index (Phi) is 47.7. The highest BCUT2D eigenvalue weighted by atomic mass is 16.3. The quantitative estimate of drug-likeness (QED) is 0.0425. The lowest BCUT2D eigenvalue weighted by Gasteiger charge is -2.20. The van der Waals surface area contributed by atoms with Crippen molar-refractivity contribution >= 4 is 5.91 Å². The van der Waals surface area contributed by atoms with Gasteiger partial charge in [-0.15, -0.1) is 0 Å². The largest absolute Gasteiger partial charge is 0.394 e. The summed E-state index contributed by atoms with van der Waals surface area (Å²) in [5.74, 6) is -0.0605. The van der Waals surface area contributed by atoms with Gasteiger partial charge in [-0.05, 0) is 19.3 Å². The Balaban J connectivity index is 3.40. The lowest BCUT2D eigenvalue weighted by molar-refractivity contribution is -0.123. The van der Waals surface area contributed by atoms with E-state index in [1.807, 2.05) is 6.08 Å². The Hall–Kier alpha value is -0.870. The van der Waals surface area contributed by atoms with Gasteiger partial charge in [0, 0.05) is 6.42 Å². The van der Waals surface area contributed by atoms with E-state index in [-0.39, 0.29) is 12.5 Å². The van der Waals surface area contributed by atoms with Crippen LogP contribution in [0.1, 0.15) is 296 Å². The van der Waals surface area contributed by atoms with Crippen molar-refractivity contribution in [2.45, 2.75) is 309 Å². The maximum Gasteiger partial charge on any atom is 0.220 e. The molecule has 4 heteroatoms. The van der Waals surface area contributed by atoms with Gasteiger partial charge in [0.1, 0.15) is 0 Å².